The lowest BCUT2D eigenvalue weighted by molar-refractivity contribution is 0.0618. The lowest BCUT2D eigenvalue weighted by Crippen LogP contribution is -2.33. The summed E-state index contributed by atoms with van der Waals surface area (Å²) in [7, 11) is -0.0734. The van der Waals surface area contributed by atoms with Gasteiger partial charge in [-0.1, -0.05) is 6.07 Å². The maximum Gasteiger partial charge on any atom is 0.488 e. The Kier molecular flexibility index (Phi) is 5.41. The molecular weight excluding hydrogens is 214 g/mol. The zero-order chi connectivity index (χ0) is 12.0. The summed E-state index contributed by atoms with van der Waals surface area (Å²) in [5.41, 5.74) is 0.671. The van der Waals surface area contributed by atoms with Crippen LogP contribution in [0.4, 0.5) is 4.39 Å². The Morgan fingerprint density at radius 3 is 2.69 bits per heavy atom. The molecule has 1 aromatic rings. The SMILES string of the molecule is COCCOCc1cc(F)ccc1B(O)O. The van der Waals surface area contributed by atoms with Crippen molar-refractivity contribution in [3.63, 3.8) is 0 Å². The molecule has 0 saturated heterocycles. The van der Waals surface area contributed by atoms with E-state index in [9.17, 15) is 4.39 Å². The van der Waals surface area contributed by atoms with Crippen molar-refractivity contribution < 1.29 is 23.9 Å². The molecule has 0 aromatic heterocycles. The standard InChI is InChI=1S/C10H14BFO4/c1-15-4-5-16-7-8-6-9(12)2-3-10(8)11(13)14/h2-3,6,13-14H,4-5,7H2,1H3. The van der Waals surface area contributed by atoms with E-state index in [0.29, 0.717) is 18.8 Å². The van der Waals surface area contributed by atoms with Gasteiger partial charge in [0, 0.05) is 7.11 Å². The van der Waals surface area contributed by atoms with E-state index in [4.69, 9.17) is 19.5 Å². The van der Waals surface area contributed by atoms with E-state index >= 15 is 0 Å². The van der Waals surface area contributed by atoms with E-state index in [2.05, 4.69) is 0 Å². The molecule has 0 bridgehead atoms. The van der Waals surface area contributed by atoms with Crippen LogP contribution in [0.1, 0.15) is 5.56 Å². The summed E-state index contributed by atoms with van der Waals surface area (Å²) in [5, 5.41) is 18.1. The highest BCUT2D eigenvalue weighted by Crippen LogP contribution is 2.04. The average molecular weight is 228 g/mol. The van der Waals surface area contributed by atoms with Gasteiger partial charge < -0.3 is 19.5 Å². The topological polar surface area (TPSA) is 58.9 Å². The number of methoxy groups -OCH3 is 1. The predicted molar refractivity (Wildman–Crippen MR) is 57.8 cm³/mol. The first-order valence-electron chi connectivity index (χ1n) is 4.86. The summed E-state index contributed by atoms with van der Waals surface area (Å²) in [6.07, 6.45) is 0. The van der Waals surface area contributed by atoms with Gasteiger partial charge in [-0.3, -0.25) is 0 Å². The van der Waals surface area contributed by atoms with Crippen LogP contribution in [-0.2, 0) is 16.1 Å². The van der Waals surface area contributed by atoms with Crippen molar-refractivity contribution in [1.29, 1.82) is 0 Å². The summed E-state index contributed by atoms with van der Waals surface area (Å²) in [6, 6.07) is 3.73. The molecule has 0 fully saturated rings. The van der Waals surface area contributed by atoms with Crippen LogP contribution in [0, 0.1) is 5.82 Å². The minimum absolute atomic E-state index is 0.119. The summed E-state index contributed by atoms with van der Waals surface area (Å²) in [6.45, 7) is 0.925. The molecule has 0 unspecified atom stereocenters. The van der Waals surface area contributed by atoms with Crippen molar-refractivity contribution >= 4 is 12.6 Å². The number of halogens is 1. The van der Waals surface area contributed by atoms with Gasteiger partial charge in [0.25, 0.3) is 0 Å². The fourth-order valence-corrected chi connectivity index (χ4v) is 1.28. The van der Waals surface area contributed by atoms with Crippen molar-refractivity contribution in [2.45, 2.75) is 6.61 Å². The summed E-state index contributed by atoms with van der Waals surface area (Å²) in [4.78, 5) is 0. The van der Waals surface area contributed by atoms with Crippen molar-refractivity contribution in [1.82, 2.24) is 0 Å². The molecule has 0 spiro atoms. The molecule has 4 nitrogen and oxygen atoms in total. The molecule has 0 amide bonds. The van der Waals surface area contributed by atoms with Gasteiger partial charge >= 0.3 is 7.12 Å². The molecule has 0 radical (unpaired) electrons. The minimum atomic E-state index is -1.62. The Balaban J connectivity index is 2.65. The maximum atomic E-state index is 12.9. The van der Waals surface area contributed by atoms with Crippen molar-refractivity contribution in [2.75, 3.05) is 20.3 Å². The first kappa shape index (κ1) is 13.1. The fraction of sp³-hybridized carbons (Fsp3) is 0.400. The quantitative estimate of drug-likeness (QED) is 0.517. The Labute approximate surface area is 93.8 Å². The first-order valence-corrected chi connectivity index (χ1v) is 4.86. The molecule has 0 saturated carbocycles. The van der Waals surface area contributed by atoms with Crippen LogP contribution in [0.3, 0.4) is 0 Å². The highest BCUT2D eigenvalue weighted by Gasteiger charge is 2.16. The first-order chi connectivity index (χ1) is 7.65. The Morgan fingerprint density at radius 1 is 1.31 bits per heavy atom. The van der Waals surface area contributed by atoms with Crippen molar-refractivity contribution in [3.8, 4) is 0 Å². The number of rotatable bonds is 6. The molecule has 1 aromatic carbocycles. The van der Waals surface area contributed by atoms with E-state index < -0.39 is 12.9 Å². The molecule has 2 N–H and O–H groups in total. The van der Waals surface area contributed by atoms with Gasteiger partial charge in [0.2, 0.25) is 0 Å². The molecule has 0 heterocycles. The third-order valence-electron chi connectivity index (χ3n) is 2.07. The lowest BCUT2D eigenvalue weighted by atomic mass is 9.77. The zero-order valence-corrected chi connectivity index (χ0v) is 9.02. The second kappa shape index (κ2) is 6.60. The largest absolute Gasteiger partial charge is 0.488 e. The van der Waals surface area contributed by atoms with Crippen LogP contribution in [0.5, 0.6) is 0 Å². The van der Waals surface area contributed by atoms with Gasteiger partial charge in [-0.05, 0) is 23.2 Å². The Morgan fingerprint density at radius 2 is 2.06 bits per heavy atom. The van der Waals surface area contributed by atoms with Gasteiger partial charge in [-0.25, -0.2) is 4.39 Å². The Hall–Kier alpha value is -0.945. The number of benzene rings is 1. The Bertz CT molecular complexity index is 333. The van der Waals surface area contributed by atoms with Gasteiger partial charge in [0.15, 0.2) is 0 Å². The predicted octanol–water partition coefficient (Wildman–Crippen LogP) is -0.332. The number of ether oxygens (including phenoxy) is 2. The molecular formula is C10H14BFO4. The molecule has 0 atom stereocenters. The molecule has 6 heteroatoms. The second-order valence-electron chi connectivity index (χ2n) is 3.26. The monoisotopic (exact) mass is 228 g/mol. The van der Waals surface area contributed by atoms with Crippen molar-refractivity contribution in [2.24, 2.45) is 0 Å². The smallest absolute Gasteiger partial charge is 0.423 e. The van der Waals surface area contributed by atoms with Gasteiger partial charge in [-0.15, -0.1) is 0 Å². The summed E-state index contributed by atoms with van der Waals surface area (Å²) < 4.78 is 22.9. The van der Waals surface area contributed by atoms with E-state index in [0.717, 1.165) is 0 Å². The van der Waals surface area contributed by atoms with Gasteiger partial charge in [0.05, 0.1) is 19.8 Å². The molecule has 16 heavy (non-hydrogen) atoms. The minimum Gasteiger partial charge on any atom is -0.423 e. The maximum absolute atomic E-state index is 12.9. The highest BCUT2D eigenvalue weighted by molar-refractivity contribution is 6.59. The van der Waals surface area contributed by atoms with Crippen LogP contribution in [-0.4, -0.2) is 37.5 Å². The van der Waals surface area contributed by atoms with Crippen molar-refractivity contribution in [3.05, 3.63) is 29.6 Å². The summed E-state index contributed by atoms with van der Waals surface area (Å²) in [5.74, 6) is -0.435. The third-order valence-corrected chi connectivity index (χ3v) is 2.07. The van der Waals surface area contributed by atoms with Crippen LogP contribution in [0.2, 0.25) is 0 Å². The van der Waals surface area contributed by atoms with Gasteiger partial charge in [-0.2, -0.15) is 0 Å². The molecule has 0 aliphatic rings. The van der Waals surface area contributed by atoms with E-state index in [1.54, 1.807) is 7.11 Å². The van der Waals surface area contributed by atoms with Crippen LogP contribution in [0.25, 0.3) is 0 Å². The normalized spacial score (nSPS) is 10.5. The van der Waals surface area contributed by atoms with Crippen LogP contribution >= 0.6 is 0 Å². The van der Waals surface area contributed by atoms with E-state index in [1.165, 1.54) is 18.2 Å². The highest BCUT2D eigenvalue weighted by atomic mass is 19.1. The second-order valence-corrected chi connectivity index (χ2v) is 3.26. The number of hydrogen-bond donors (Lipinski definition) is 2. The van der Waals surface area contributed by atoms with E-state index in [1.807, 2.05) is 0 Å². The molecule has 88 valence electrons. The van der Waals surface area contributed by atoms with Gasteiger partial charge in [0.1, 0.15) is 5.82 Å². The fourth-order valence-electron chi connectivity index (χ4n) is 1.28. The molecule has 1 rings (SSSR count). The zero-order valence-electron chi connectivity index (χ0n) is 9.02. The summed E-state index contributed by atoms with van der Waals surface area (Å²) >= 11 is 0. The number of hydrogen-bond acceptors (Lipinski definition) is 4. The van der Waals surface area contributed by atoms with E-state index in [-0.39, 0.29) is 12.1 Å². The average Bonchev–Trinajstić information content (AvgIpc) is 2.24. The van der Waals surface area contributed by atoms with Crippen LogP contribution < -0.4 is 5.46 Å². The van der Waals surface area contributed by atoms with Crippen LogP contribution in [0.15, 0.2) is 18.2 Å². The molecule has 0 aliphatic carbocycles. The molecule has 0 aliphatic heterocycles. The lowest BCUT2D eigenvalue weighted by Gasteiger charge is -2.09. The third kappa shape index (κ3) is 3.90.